The van der Waals surface area contributed by atoms with E-state index in [9.17, 15) is 14.3 Å². The second-order valence-electron chi connectivity index (χ2n) is 10.4. The molecule has 1 amide bonds. The Morgan fingerprint density at radius 1 is 1.22 bits per heavy atom. The number of aliphatic hydroxyl groups is 1. The number of nitrogens with zero attached hydrogens (tertiary/aromatic N) is 4. The van der Waals surface area contributed by atoms with E-state index < -0.39 is 11.2 Å². The standard InChI is InChI=1S/C25H30Cl2FN7O2/c1-25(22(29)37)7-5-15(6-8-25)35-21-19(12-30-23(34-21)31-14-3-2-4-16(36)11-14)32-24(35)33-20-17(27)9-13(26)10-18(20)28/h9-10,12,14-16,36H,2-8,11H2,1H3,(H2,29,37)(H,32,33)(H,30,31,34)/t14-,15?,16+,25?/m0/s1. The number of aliphatic hydroxyl groups excluding tert-OH is 1. The largest absolute Gasteiger partial charge is 0.393 e. The van der Waals surface area contributed by atoms with Gasteiger partial charge in [-0.2, -0.15) is 4.98 Å². The van der Waals surface area contributed by atoms with E-state index in [-0.39, 0.29) is 39.8 Å². The summed E-state index contributed by atoms with van der Waals surface area (Å²) in [5, 5.41) is 16.7. The predicted molar refractivity (Wildman–Crippen MR) is 142 cm³/mol. The topological polar surface area (TPSA) is 131 Å². The molecule has 198 valence electrons. The van der Waals surface area contributed by atoms with Crippen molar-refractivity contribution in [2.75, 3.05) is 10.6 Å². The SMILES string of the molecule is CC1(C(N)=O)CCC(n2c(Nc3c(F)cc(Cl)cc3Cl)nc3cnc(N[C@H]4CCC[C@@H](O)C4)nc32)CC1. The van der Waals surface area contributed by atoms with E-state index in [0.717, 1.165) is 19.3 Å². The number of hydrogen-bond donors (Lipinski definition) is 4. The molecule has 12 heteroatoms. The average molecular weight is 550 g/mol. The number of fused-ring (bicyclic) bond motifs is 1. The van der Waals surface area contributed by atoms with E-state index in [2.05, 4.69) is 20.6 Å². The van der Waals surface area contributed by atoms with Gasteiger partial charge in [-0.15, -0.1) is 0 Å². The molecule has 9 nitrogen and oxygen atoms in total. The zero-order valence-corrected chi connectivity index (χ0v) is 22.0. The molecule has 5 N–H and O–H groups in total. The number of amides is 1. The molecule has 5 rings (SSSR count). The van der Waals surface area contributed by atoms with Crippen LogP contribution in [0.4, 0.5) is 22.0 Å². The molecule has 2 aliphatic carbocycles. The van der Waals surface area contributed by atoms with Crippen molar-refractivity contribution in [3.63, 3.8) is 0 Å². The lowest BCUT2D eigenvalue weighted by molar-refractivity contribution is -0.128. The zero-order chi connectivity index (χ0) is 26.3. The lowest BCUT2D eigenvalue weighted by atomic mass is 9.73. The Balaban J connectivity index is 1.52. The molecule has 2 heterocycles. The third-order valence-corrected chi connectivity index (χ3v) is 8.19. The maximum Gasteiger partial charge on any atom is 0.224 e. The summed E-state index contributed by atoms with van der Waals surface area (Å²) < 4.78 is 16.7. The molecule has 3 aromatic rings. The molecular formula is C25H30Cl2FN7O2. The van der Waals surface area contributed by atoms with Crippen LogP contribution in [0, 0.1) is 11.2 Å². The van der Waals surface area contributed by atoms with Gasteiger partial charge in [0.2, 0.25) is 17.8 Å². The van der Waals surface area contributed by atoms with Crippen molar-refractivity contribution in [1.29, 1.82) is 0 Å². The van der Waals surface area contributed by atoms with Crippen LogP contribution < -0.4 is 16.4 Å². The van der Waals surface area contributed by atoms with Gasteiger partial charge < -0.3 is 21.5 Å². The lowest BCUT2D eigenvalue weighted by Crippen LogP contribution is -2.38. The normalized spacial score (nSPS) is 26.2. The number of carbonyl (C=O) groups excluding carboxylic acids is 1. The van der Waals surface area contributed by atoms with Gasteiger partial charge in [-0.3, -0.25) is 9.36 Å². The molecule has 0 bridgehead atoms. The van der Waals surface area contributed by atoms with Crippen LogP contribution in [0.1, 0.15) is 64.3 Å². The molecule has 0 radical (unpaired) electrons. The van der Waals surface area contributed by atoms with E-state index in [1.807, 2.05) is 11.5 Å². The first-order valence-corrected chi connectivity index (χ1v) is 13.3. The van der Waals surface area contributed by atoms with E-state index in [0.29, 0.717) is 55.2 Å². The summed E-state index contributed by atoms with van der Waals surface area (Å²) in [7, 11) is 0. The molecule has 37 heavy (non-hydrogen) atoms. The van der Waals surface area contributed by atoms with Crippen LogP contribution in [-0.4, -0.2) is 42.7 Å². The number of nitrogens with one attached hydrogen (secondary N) is 2. The third-order valence-electron chi connectivity index (χ3n) is 7.67. The molecular weight excluding hydrogens is 520 g/mol. The molecule has 2 aromatic heterocycles. The van der Waals surface area contributed by atoms with Crippen molar-refractivity contribution in [3.05, 3.63) is 34.2 Å². The minimum Gasteiger partial charge on any atom is -0.393 e. The highest BCUT2D eigenvalue weighted by molar-refractivity contribution is 6.36. The van der Waals surface area contributed by atoms with Crippen LogP contribution in [-0.2, 0) is 4.79 Å². The highest BCUT2D eigenvalue weighted by Crippen LogP contribution is 2.43. The molecule has 0 unspecified atom stereocenters. The number of primary amides is 1. The molecule has 0 aliphatic heterocycles. The quantitative estimate of drug-likeness (QED) is 0.326. The van der Waals surface area contributed by atoms with Crippen LogP contribution in [0.2, 0.25) is 10.0 Å². The fraction of sp³-hybridized carbons (Fsp3) is 0.520. The molecule has 2 atom stereocenters. The monoisotopic (exact) mass is 549 g/mol. The van der Waals surface area contributed by atoms with Crippen LogP contribution in [0.25, 0.3) is 11.2 Å². The van der Waals surface area contributed by atoms with Gasteiger partial charge >= 0.3 is 0 Å². The van der Waals surface area contributed by atoms with Gasteiger partial charge in [-0.25, -0.2) is 14.4 Å². The fourth-order valence-electron chi connectivity index (χ4n) is 5.39. The maximum absolute atomic E-state index is 14.8. The van der Waals surface area contributed by atoms with E-state index in [1.54, 1.807) is 6.20 Å². The van der Waals surface area contributed by atoms with Crippen LogP contribution >= 0.6 is 23.2 Å². The highest BCUT2D eigenvalue weighted by Gasteiger charge is 2.38. The smallest absolute Gasteiger partial charge is 0.224 e. The summed E-state index contributed by atoms with van der Waals surface area (Å²) in [6, 6.07) is 2.65. The molecule has 0 spiro atoms. The number of hydrogen-bond acceptors (Lipinski definition) is 7. The number of anilines is 3. The van der Waals surface area contributed by atoms with Crippen molar-refractivity contribution in [1.82, 2.24) is 19.5 Å². The first kappa shape index (κ1) is 25.9. The van der Waals surface area contributed by atoms with Gasteiger partial charge in [0.1, 0.15) is 11.3 Å². The van der Waals surface area contributed by atoms with Crippen LogP contribution in [0.3, 0.4) is 0 Å². The highest BCUT2D eigenvalue weighted by atomic mass is 35.5. The van der Waals surface area contributed by atoms with Crippen molar-refractivity contribution in [2.45, 2.75) is 76.5 Å². The van der Waals surface area contributed by atoms with Gasteiger partial charge in [0, 0.05) is 22.5 Å². The summed E-state index contributed by atoms with van der Waals surface area (Å²) >= 11 is 12.3. The summed E-state index contributed by atoms with van der Waals surface area (Å²) in [6.45, 7) is 1.89. The Morgan fingerprint density at radius 2 is 1.97 bits per heavy atom. The fourth-order valence-corrected chi connectivity index (χ4v) is 5.91. The lowest BCUT2D eigenvalue weighted by Gasteiger charge is -2.35. The van der Waals surface area contributed by atoms with E-state index >= 15 is 0 Å². The minimum absolute atomic E-state index is 0.0582. The number of nitrogens with two attached hydrogens (primary N) is 1. The van der Waals surface area contributed by atoms with E-state index in [1.165, 1.54) is 12.1 Å². The minimum atomic E-state index is -0.606. The van der Waals surface area contributed by atoms with Crippen molar-refractivity contribution < 1.29 is 14.3 Å². The molecule has 1 aromatic carbocycles. The summed E-state index contributed by atoms with van der Waals surface area (Å²) in [5.41, 5.74) is 6.26. The Hall–Kier alpha value is -2.69. The maximum atomic E-state index is 14.8. The second-order valence-corrected chi connectivity index (χ2v) is 11.2. The predicted octanol–water partition coefficient (Wildman–Crippen LogP) is 5.34. The van der Waals surface area contributed by atoms with Crippen molar-refractivity contribution >= 4 is 57.9 Å². The van der Waals surface area contributed by atoms with Crippen molar-refractivity contribution in [3.8, 4) is 0 Å². The Labute approximate surface area is 224 Å². The molecule has 2 saturated carbocycles. The van der Waals surface area contributed by atoms with Gasteiger partial charge in [0.05, 0.1) is 23.0 Å². The number of rotatable bonds is 6. The Kier molecular flexibility index (Phi) is 7.17. The third kappa shape index (κ3) is 5.32. The first-order chi connectivity index (χ1) is 17.6. The number of carbonyl (C=O) groups is 1. The summed E-state index contributed by atoms with van der Waals surface area (Å²) in [4.78, 5) is 25.9. The zero-order valence-electron chi connectivity index (χ0n) is 20.5. The number of halogens is 3. The molecule has 0 saturated heterocycles. The van der Waals surface area contributed by atoms with Gasteiger partial charge in [-0.05, 0) is 63.5 Å². The van der Waals surface area contributed by atoms with Gasteiger partial charge in [0.15, 0.2) is 5.65 Å². The van der Waals surface area contributed by atoms with Crippen molar-refractivity contribution in [2.24, 2.45) is 11.1 Å². The van der Waals surface area contributed by atoms with Crippen LogP contribution in [0.5, 0.6) is 0 Å². The summed E-state index contributed by atoms with van der Waals surface area (Å²) in [6.07, 6.45) is 7.13. The first-order valence-electron chi connectivity index (χ1n) is 12.5. The molecule has 2 fully saturated rings. The van der Waals surface area contributed by atoms with Gasteiger partial charge in [-0.1, -0.05) is 30.1 Å². The van der Waals surface area contributed by atoms with Gasteiger partial charge in [0.25, 0.3) is 0 Å². The second kappa shape index (κ2) is 10.2. The van der Waals surface area contributed by atoms with Crippen LogP contribution in [0.15, 0.2) is 18.3 Å². The number of imidazole rings is 1. The number of aromatic nitrogens is 4. The molecule has 2 aliphatic rings. The number of benzene rings is 1. The summed E-state index contributed by atoms with van der Waals surface area (Å²) in [5.74, 6) is -0.109. The Morgan fingerprint density at radius 3 is 2.65 bits per heavy atom. The Bertz CT molecular complexity index is 1300. The average Bonchev–Trinajstić information content (AvgIpc) is 3.19. The van der Waals surface area contributed by atoms with E-state index in [4.69, 9.17) is 33.9 Å².